The van der Waals surface area contributed by atoms with Gasteiger partial charge in [-0.2, -0.15) is 0 Å². The minimum Gasteiger partial charge on any atom is -0.396 e. The number of ketones is 1. The van der Waals surface area contributed by atoms with E-state index in [4.69, 9.17) is 5.11 Å². The second-order valence-corrected chi connectivity index (χ2v) is 2.63. The summed E-state index contributed by atoms with van der Waals surface area (Å²) in [5.41, 5.74) is 0. The Kier molecular flexibility index (Phi) is 5.22. The van der Waals surface area contributed by atoms with Crippen LogP contribution in [0.1, 0.15) is 33.1 Å². The van der Waals surface area contributed by atoms with Crippen molar-refractivity contribution >= 4 is 5.78 Å². The van der Waals surface area contributed by atoms with Crippen LogP contribution in [-0.2, 0) is 4.79 Å². The molecule has 1 unspecified atom stereocenters. The Morgan fingerprint density at radius 3 is 2.50 bits per heavy atom. The van der Waals surface area contributed by atoms with Crippen molar-refractivity contribution in [2.75, 3.05) is 6.61 Å². The third-order valence-electron chi connectivity index (χ3n) is 1.70. The van der Waals surface area contributed by atoms with E-state index in [0.29, 0.717) is 0 Å². The second-order valence-electron chi connectivity index (χ2n) is 2.63. The molecule has 0 aromatic carbocycles. The van der Waals surface area contributed by atoms with Crippen LogP contribution in [0.5, 0.6) is 0 Å². The summed E-state index contributed by atoms with van der Waals surface area (Å²) in [6.07, 6.45) is 2.96. The highest BCUT2D eigenvalue weighted by atomic mass is 16.3. The molecule has 0 bridgehead atoms. The zero-order valence-corrected chi connectivity index (χ0v) is 6.76. The Labute approximate surface area is 62.2 Å². The van der Waals surface area contributed by atoms with Crippen molar-refractivity contribution in [1.29, 1.82) is 0 Å². The molecule has 60 valence electrons. The standard InChI is InChI=1S/C8H16O2/c1-3-4-5-8(6-9)7(2)10/h8-9H,3-6H2,1-2H3. The lowest BCUT2D eigenvalue weighted by atomic mass is 10.00. The van der Waals surface area contributed by atoms with Crippen molar-refractivity contribution in [2.45, 2.75) is 33.1 Å². The molecule has 2 heteroatoms. The van der Waals surface area contributed by atoms with Crippen LogP contribution >= 0.6 is 0 Å². The van der Waals surface area contributed by atoms with Gasteiger partial charge in [-0.05, 0) is 13.3 Å². The zero-order chi connectivity index (χ0) is 7.98. The van der Waals surface area contributed by atoms with Crippen LogP contribution in [0.3, 0.4) is 0 Å². The van der Waals surface area contributed by atoms with E-state index in [1.165, 1.54) is 6.92 Å². The molecule has 1 atom stereocenters. The van der Waals surface area contributed by atoms with Crippen LogP contribution in [0.15, 0.2) is 0 Å². The van der Waals surface area contributed by atoms with Crippen molar-refractivity contribution in [3.05, 3.63) is 0 Å². The molecule has 0 saturated carbocycles. The first-order valence-electron chi connectivity index (χ1n) is 3.83. The lowest BCUT2D eigenvalue weighted by Gasteiger charge is -2.07. The van der Waals surface area contributed by atoms with Crippen LogP contribution in [0.2, 0.25) is 0 Å². The molecule has 0 heterocycles. The number of Topliss-reactive ketones (excluding diaryl/α,β-unsaturated/α-hetero) is 1. The summed E-state index contributed by atoms with van der Waals surface area (Å²) in [6, 6.07) is 0. The lowest BCUT2D eigenvalue weighted by molar-refractivity contribution is -0.122. The van der Waals surface area contributed by atoms with E-state index >= 15 is 0 Å². The molecular formula is C8H16O2. The third kappa shape index (κ3) is 3.62. The highest BCUT2D eigenvalue weighted by Crippen LogP contribution is 2.08. The fraction of sp³-hybridized carbons (Fsp3) is 0.875. The molecule has 0 aliphatic rings. The molecule has 0 radical (unpaired) electrons. The number of aliphatic hydroxyl groups excluding tert-OH is 1. The summed E-state index contributed by atoms with van der Waals surface area (Å²) in [5.74, 6) is -0.00380. The largest absolute Gasteiger partial charge is 0.396 e. The van der Waals surface area contributed by atoms with Gasteiger partial charge in [-0.1, -0.05) is 19.8 Å². The van der Waals surface area contributed by atoms with Gasteiger partial charge in [0.25, 0.3) is 0 Å². The molecule has 0 aliphatic carbocycles. The number of hydrogen-bond acceptors (Lipinski definition) is 2. The van der Waals surface area contributed by atoms with E-state index in [2.05, 4.69) is 6.92 Å². The maximum Gasteiger partial charge on any atom is 0.135 e. The lowest BCUT2D eigenvalue weighted by Crippen LogP contribution is -2.14. The summed E-state index contributed by atoms with van der Waals surface area (Å²) < 4.78 is 0. The summed E-state index contributed by atoms with van der Waals surface area (Å²) in [6.45, 7) is 3.63. The predicted molar refractivity (Wildman–Crippen MR) is 40.8 cm³/mol. The van der Waals surface area contributed by atoms with Crippen LogP contribution in [0.25, 0.3) is 0 Å². The quantitative estimate of drug-likeness (QED) is 0.632. The molecule has 0 fully saturated rings. The smallest absolute Gasteiger partial charge is 0.135 e. The molecule has 0 aliphatic heterocycles. The Balaban J connectivity index is 3.50. The van der Waals surface area contributed by atoms with Gasteiger partial charge in [0, 0.05) is 5.92 Å². The minimum absolute atomic E-state index is 0.00926. The van der Waals surface area contributed by atoms with E-state index in [0.717, 1.165) is 19.3 Å². The number of hydrogen-bond donors (Lipinski definition) is 1. The highest BCUT2D eigenvalue weighted by molar-refractivity contribution is 5.78. The van der Waals surface area contributed by atoms with Crippen LogP contribution < -0.4 is 0 Å². The normalized spacial score (nSPS) is 13.1. The molecule has 0 rings (SSSR count). The molecular weight excluding hydrogens is 128 g/mol. The summed E-state index contributed by atoms with van der Waals surface area (Å²) in [5, 5.41) is 8.70. The number of rotatable bonds is 5. The highest BCUT2D eigenvalue weighted by Gasteiger charge is 2.10. The Hall–Kier alpha value is -0.370. The summed E-state index contributed by atoms with van der Waals surface area (Å²) >= 11 is 0. The van der Waals surface area contributed by atoms with E-state index in [9.17, 15) is 4.79 Å². The van der Waals surface area contributed by atoms with Gasteiger partial charge in [-0.25, -0.2) is 0 Å². The Morgan fingerprint density at radius 1 is 1.60 bits per heavy atom. The fourth-order valence-corrected chi connectivity index (χ4v) is 0.874. The maximum absolute atomic E-state index is 10.7. The van der Waals surface area contributed by atoms with Crippen molar-refractivity contribution in [1.82, 2.24) is 0 Å². The first-order chi connectivity index (χ1) is 4.72. The summed E-state index contributed by atoms with van der Waals surface area (Å²) in [4.78, 5) is 10.7. The molecule has 1 N–H and O–H groups in total. The number of unbranched alkanes of at least 4 members (excludes halogenated alkanes) is 1. The average molecular weight is 144 g/mol. The summed E-state index contributed by atoms with van der Waals surface area (Å²) in [7, 11) is 0. The van der Waals surface area contributed by atoms with Gasteiger partial charge in [0.2, 0.25) is 0 Å². The van der Waals surface area contributed by atoms with Crippen molar-refractivity contribution in [3.63, 3.8) is 0 Å². The molecule has 0 amide bonds. The molecule has 10 heavy (non-hydrogen) atoms. The first kappa shape index (κ1) is 9.63. The molecule has 0 saturated heterocycles. The predicted octanol–water partition coefficient (Wildman–Crippen LogP) is 1.37. The third-order valence-corrected chi connectivity index (χ3v) is 1.70. The van der Waals surface area contributed by atoms with Crippen LogP contribution in [0, 0.1) is 5.92 Å². The van der Waals surface area contributed by atoms with Crippen molar-refractivity contribution in [2.24, 2.45) is 5.92 Å². The minimum atomic E-state index is -0.111. The SMILES string of the molecule is CCCCC(CO)C(C)=O. The molecule has 2 nitrogen and oxygen atoms in total. The van der Waals surface area contributed by atoms with Crippen LogP contribution in [0.4, 0.5) is 0 Å². The average Bonchev–Trinajstić information content (AvgIpc) is 1.89. The maximum atomic E-state index is 10.7. The van der Waals surface area contributed by atoms with Crippen molar-refractivity contribution in [3.8, 4) is 0 Å². The van der Waals surface area contributed by atoms with E-state index in [1.54, 1.807) is 0 Å². The van der Waals surface area contributed by atoms with Crippen LogP contribution in [-0.4, -0.2) is 17.5 Å². The monoisotopic (exact) mass is 144 g/mol. The van der Waals surface area contributed by atoms with E-state index in [1.807, 2.05) is 0 Å². The Bertz CT molecular complexity index is 99.4. The molecule has 0 aromatic rings. The number of aliphatic hydroxyl groups is 1. The van der Waals surface area contributed by atoms with Gasteiger partial charge in [0.15, 0.2) is 0 Å². The number of carbonyl (C=O) groups is 1. The van der Waals surface area contributed by atoms with Gasteiger partial charge in [0.1, 0.15) is 5.78 Å². The zero-order valence-electron chi connectivity index (χ0n) is 6.76. The molecule has 0 aromatic heterocycles. The van der Waals surface area contributed by atoms with Gasteiger partial charge in [0.05, 0.1) is 6.61 Å². The van der Waals surface area contributed by atoms with Gasteiger partial charge < -0.3 is 5.11 Å². The van der Waals surface area contributed by atoms with Gasteiger partial charge in [-0.3, -0.25) is 4.79 Å². The first-order valence-corrected chi connectivity index (χ1v) is 3.83. The molecule has 0 spiro atoms. The van der Waals surface area contributed by atoms with Gasteiger partial charge in [-0.15, -0.1) is 0 Å². The number of carbonyl (C=O) groups excluding carboxylic acids is 1. The topological polar surface area (TPSA) is 37.3 Å². The fourth-order valence-electron chi connectivity index (χ4n) is 0.874. The van der Waals surface area contributed by atoms with Crippen molar-refractivity contribution < 1.29 is 9.90 Å². The second kappa shape index (κ2) is 5.42. The van der Waals surface area contributed by atoms with E-state index < -0.39 is 0 Å². The van der Waals surface area contributed by atoms with Gasteiger partial charge >= 0.3 is 0 Å². The Morgan fingerprint density at radius 2 is 2.20 bits per heavy atom. The van der Waals surface area contributed by atoms with E-state index in [-0.39, 0.29) is 18.3 Å².